The van der Waals surface area contributed by atoms with Crippen molar-refractivity contribution < 1.29 is 28.5 Å². The van der Waals surface area contributed by atoms with Crippen molar-refractivity contribution in [2.45, 2.75) is 19.3 Å². The van der Waals surface area contributed by atoms with Crippen LogP contribution < -0.4 is 25.1 Å². The molecule has 8 heteroatoms. The van der Waals surface area contributed by atoms with Crippen LogP contribution >= 0.6 is 0 Å². The van der Waals surface area contributed by atoms with Gasteiger partial charge in [-0.15, -0.1) is 0 Å². The van der Waals surface area contributed by atoms with E-state index in [-0.39, 0.29) is 12.3 Å². The van der Waals surface area contributed by atoms with Gasteiger partial charge in [0.15, 0.2) is 11.5 Å². The summed E-state index contributed by atoms with van der Waals surface area (Å²) < 4.78 is 20.2. The number of amides is 2. The van der Waals surface area contributed by atoms with Gasteiger partial charge in [-0.2, -0.15) is 0 Å². The van der Waals surface area contributed by atoms with E-state index in [0.29, 0.717) is 30.1 Å². The Labute approximate surface area is 135 Å². The number of aryl methyl sites for hydroxylation is 1. The minimum atomic E-state index is -0.719. The predicted molar refractivity (Wildman–Crippen MR) is 82.7 cm³/mol. The van der Waals surface area contributed by atoms with Crippen LogP contribution in [0.2, 0.25) is 0 Å². The van der Waals surface area contributed by atoms with Crippen LogP contribution in [0.4, 0.5) is 4.79 Å². The van der Waals surface area contributed by atoms with Crippen LogP contribution in [-0.2, 0) is 16.0 Å². The van der Waals surface area contributed by atoms with Gasteiger partial charge in [-0.25, -0.2) is 10.2 Å². The van der Waals surface area contributed by atoms with Gasteiger partial charge in [0.05, 0.1) is 28.4 Å². The Morgan fingerprint density at radius 2 is 1.57 bits per heavy atom. The Morgan fingerprint density at radius 1 is 0.957 bits per heavy atom. The van der Waals surface area contributed by atoms with Gasteiger partial charge in [0, 0.05) is 6.42 Å². The molecule has 0 aliphatic carbocycles. The molecule has 0 fully saturated rings. The lowest BCUT2D eigenvalue weighted by molar-refractivity contribution is -0.122. The minimum Gasteiger partial charge on any atom is -0.493 e. The van der Waals surface area contributed by atoms with Crippen molar-refractivity contribution in [2.75, 3.05) is 28.4 Å². The molecule has 0 spiro atoms. The number of ether oxygens (including phenoxy) is 4. The first-order valence-electron chi connectivity index (χ1n) is 6.97. The van der Waals surface area contributed by atoms with Crippen molar-refractivity contribution in [1.82, 2.24) is 10.9 Å². The van der Waals surface area contributed by atoms with Crippen LogP contribution in [0.5, 0.6) is 17.2 Å². The van der Waals surface area contributed by atoms with Crippen molar-refractivity contribution >= 4 is 12.0 Å². The highest BCUT2D eigenvalue weighted by molar-refractivity contribution is 5.78. The molecule has 0 saturated heterocycles. The van der Waals surface area contributed by atoms with Crippen LogP contribution in [0.3, 0.4) is 0 Å². The highest BCUT2D eigenvalue weighted by Gasteiger charge is 2.13. The van der Waals surface area contributed by atoms with Gasteiger partial charge in [-0.1, -0.05) is 0 Å². The summed E-state index contributed by atoms with van der Waals surface area (Å²) in [5.74, 6) is 1.36. The van der Waals surface area contributed by atoms with Gasteiger partial charge in [0.25, 0.3) is 0 Å². The number of hydrogen-bond acceptors (Lipinski definition) is 6. The maximum atomic E-state index is 11.5. The Balaban J connectivity index is 2.58. The molecule has 0 radical (unpaired) electrons. The quantitative estimate of drug-likeness (QED) is 0.736. The summed E-state index contributed by atoms with van der Waals surface area (Å²) in [6.45, 7) is 0. The first-order valence-corrected chi connectivity index (χ1v) is 6.97. The molecule has 0 aromatic heterocycles. The van der Waals surface area contributed by atoms with Crippen LogP contribution in [0.15, 0.2) is 12.1 Å². The standard InChI is InChI=1S/C15H22N2O6/c1-20-11-8-10(9-12(21-2)14(11)22-3)6-5-7-13(18)16-17-15(19)23-4/h8-9H,5-7H2,1-4H3,(H,16,18)(H,17,19). The van der Waals surface area contributed by atoms with Crippen LogP contribution in [0.25, 0.3) is 0 Å². The summed E-state index contributed by atoms with van der Waals surface area (Å²) in [6.07, 6.45) is 0.763. The van der Waals surface area contributed by atoms with E-state index < -0.39 is 6.09 Å². The third-order valence-corrected chi connectivity index (χ3v) is 3.08. The molecule has 0 aliphatic heterocycles. The van der Waals surface area contributed by atoms with Crippen molar-refractivity contribution in [3.63, 3.8) is 0 Å². The second-order valence-electron chi connectivity index (χ2n) is 4.55. The number of hydrazine groups is 1. The molecule has 8 nitrogen and oxygen atoms in total. The fourth-order valence-corrected chi connectivity index (χ4v) is 1.97. The van der Waals surface area contributed by atoms with Gasteiger partial charge < -0.3 is 18.9 Å². The molecule has 1 aromatic rings. The molecule has 23 heavy (non-hydrogen) atoms. The van der Waals surface area contributed by atoms with E-state index in [9.17, 15) is 9.59 Å². The van der Waals surface area contributed by atoms with Crippen LogP contribution in [0.1, 0.15) is 18.4 Å². The molecule has 2 amide bonds. The normalized spacial score (nSPS) is 9.74. The molecule has 1 rings (SSSR count). The van der Waals surface area contributed by atoms with E-state index in [0.717, 1.165) is 5.56 Å². The van der Waals surface area contributed by atoms with Gasteiger partial charge in [-0.05, 0) is 30.5 Å². The lowest BCUT2D eigenvalue weighted by atomic mass is 10.1. The number of carbonyl (C=O) groups excluding carboxylic acids is 2. The summed E-state index contributed by atoms with van der Waals surface area (Å²) in [5, 5.41) is 0. The van der Waals surface area contributed by atoms with E-state index >= 15 is 0 Å². The van der Waals surface area contributed by atoms with Crippen molar-refractivity contribution in [2.24, 2.45) is 0 Å². The summed E-state index contributed by atoms with van der Waals surface area (Å²) >= 11 is 0. The highest BCUT2D eigenvalue weighted by atomic mass is 16.5. The van der Waals surface area contributed by atoms with Gasteiger partial charge in [-0.3, -0.25) is 10.2 Å². The third-order valence-electron chi connectivity index (χ3n) is 3.08. The SMILES string of the molecule is COC(=O)NNC(=O)CCCc1cc(OC)c(OC)c(OC)c1. The summed E-state index contributed by atoms with van der Waals surface area (Å²) in [6, 6.07) is 3.68. The smallest absolute Gasteiger partial charge is 0.425 e. The van der Waals surface area contributed by atoms with Gasteiger partial charge in [0.2, 0.25) is 11.7 Å². The predicted octanol–water partition coefficient (Wildman–Crippen LogP) is 1.42. The number of nitrogens with one attached hydrogen (secondary N) is 2. The average molecular weight is 326 g/mol. The molecule has 0 heterocycles. The van der Waals surface area contributed by atoms with E-state index in [1.807, 2.05) is 12.1 Å². The second kappa shape index (κ2) is 9.39. The van der Waals surface area contributed by atoms with Crippen molar-refractivity contribution in [3.05, 3.63) is 17.7 Å². The average Bonchev–Trinajstić information content (AvgIpc) is 2.58. The molecule has 0 aliphatic rings. The first-order chi connectivity index (χ1) is 11.0. The number of carbonyl (C=O) groups is 2. The maximum absolute atomic E-state index is 11.5. The number of benzene rings is 1. The first kappa shape index (κ1) is 18.4. The Kier molecular flexibility index (Phi) is 7.52. The molecule has 1 aromatic carbocycles. The second-order valence-corrected chi connectivity index (χ2v) is 4.55. The molecule has 0 atom stereocenters. The molecule has 0 saturated carbocycles. The van der Waals surface area contributed by atoms with Gasteiger partial charge in [0.1, 0.15) is 0 Å². The number of methoxy groups -OCH3 is 4. The monoisotopic (exact) mass is 326 g/mol. The minimum absolute atomic E-state index is 0.251. The summed E-state index contributed by atoms with van der Waals surface area (Å²) in [7, 11) is 5.85. The van der Waals surface area contributed by atoms with Crippen molar-refractivity contribution in [1.29, 1.82) is 0 Å². The molecular formula is C15H22N2O6. The lowest BCUT2D eigenvalue weighted by Crippen LogP contribution is -2.41. The molecule has 0 unspecified atom stereocenters. The molecule has 2 N–H and O–H groups in total. The largest absolute Gasteiger partial charge is 0.493 e. The molecule has 128 valence electrons. The van der Waals surface area contributed by atoms with Gasteiger partial charge >= 0.3 is 6.09 Å². The third kappa shape index (κ3) is 5.57. The van der Waals surface area contributed by atoms with Crippen LogP contribution in [-0.4, -0.2) is 40.4 Å². The molecular weight excluding hydrogens is 304 g/mol. The fraction of sp³-hybridized carbons (Fsp3) is 0.467. The van der Waals surface area contributed by atoms with E-state index in [1.54, 1.807) is 21.3 Å². The Hall–Kier alpha value is -2.64. The molecule has 0 bridgehead atoms. The fourth-order valence-electron chi connectivity index (χ4n) is 1.97. The zero-order chi connectivity index (χ0) is 17.2. The number of hydrogen-bond donors (Lipinski definition) is 2. The van der Waals surface area contributed by atoms with E-state index in [4.69, 9.17) is 14.2 Å². The topological polar surface area (TPSA) is 95.1 Å². The Bertz CT molecular complexity index is 522. The highest BCUT2D eigenvalue weighted by Crippen LogP contribution is 2.38. The Morgan fingerprint density at radius 3 is 2.04 bits per heavy atom. The summed E-state index contributed by atoms with van der Waals surface area (Å²) in [5.41, 5.74) is 5.32. The number of rotatable bonds is 7. The zero-order valence-corrected chi connectivity index (χ0v) is 13.7. The maximum Gasteiger partial charge on any atom is 0.425 e. The van der Waals surface area contributed by atoms with E-state index in [2.05, 4.69) is 15.6 Å². The summed E-state index contributed by atoms with van der Waals surface area (Å²) in [4.78, 5) is 22.4. The van der Waals surface area contributed by atoms with Crippen molar-refractivity contribution in [3.8, 4) is 17.2 Å². The van der Waals surface area contributed by atoms with Crippen LogP contribution in [0, 0.1) is 0 Å². The van der Waals surface area contributed by atoms with E-state index in [1.165, 1.54) is 7.11 Å². The zero-order valence-electron chi connectivity index (χ0n) is 13.7. The lowest BCUT2D eigenvalue weighted by Gasteiger charge is -2.14.